The fraction of sp³-hybridized carbons (Fsp3) is 0.611. The normalized spacial score (nSPS) is 24.1. The zero-order valence-electron chi connectivity index (χ0n) is 15.2. The number of ether oxygens (including phenoxy) is 3. The highest BCUT2D eigenvalue weighted by Gasteiger charge is 2.40. The predicted molar refractivity (Wildman–Crippen MR) is 97.6 cm³/mol. The average Bonchev–Trinajstić information content (AvgIpc) is 2.88. The summed E-state index contributed by atoms with van der Waals surface area (Å²) in [5.41, 5.74) is -0.0958. The Morgan fingerprint density at radius 2 is 1.92 bits per heavy atom. The molecular formula is C18H27NO5S. The van der Waals surface area contributed by atoms with Crippen molar-refractivity contribution in [3.8, 4) is 11.5 Å². The molecule has 25 heavy (non-hydrogen) atoms. The Hall–Kier alpha value is -1.44. The van der Waals surface area contributed by atoms with Gasteiger partial charge >= 0.3 is 5.97 Å². The fourth-order valence-corrected chi connectivity index (χ4v) is 4.23. The van der Waals surface area contributed by atoms with Crippen LogP contribution in [0.1, 0.15) is 27.2 Å². The molecule has 0 saturated carbocycles. The number of benzene rings is 1. The quantitative estimate of drug-likeness (QED) is 0.693. The maximum Gasteiger partial charge on any atom is 0.323 e. The molecule has 1 aromatic rings. The number of likely N-dealkylation sites (N-methyl/N-ethyl adjacent to an activating group) is 1. The number of thioether (sulfide) groups is 1. The topological polar surface area (TPSA) is 77.0 Å². The van der Waals surface area contributed by atoms with E-state index in [0.29, 0.717) is 13.2 Å². The Bertz CT molecular complexity index is 558. The van der Waals surface area contributed by atoms with Crippen LogP contribution in [0.15, 0.2) is 23.1 Å². The third-order valence-corrected chi connectivity index (χ3v) is 5.16. The number of rotatable bonds is 9. The zero-order chi connectivity index (χ0) is 18.4. The molecule has 0 aromatic heterocycles. The Balaban J connectivity index is 2.10. The minimum Gasteiger partial charge on any atom is -0.494 e. The van der Waals surface area contributed by atoms with Gasteiger partial charge in [-0.2, -0.15) is 0 Å². The lowest BCUT2D eigenvalue weighted by Gasteiger charge is -2.22. The summed E-state index contributed by atoms with van der Waals surface area (Å²) in [6, 6.07) is 5.10. The molecule has 0 spiro atoms. The van der Waals surface area contributed by atoms with Crippen LogP contribution in [-0.4, -0.2) is 48.9 Å². The van der Waals surface area contributed by atoms with Gasteiger partial charge in [0, 0.05) is 11.0 Å². The maximum absolute atomic E-state index is 11.4. The number of carboxylic acids is 1. The molecule has 1 fully saturated rings. The standard InChI is InChI=1S/C18H27NO5S/c1-5-22-12-8-13(23-6-2)10-14(9-12)25-15-7-11(3)17(24-15)16(19-4)18(20)21/h8-11,15-17,19H,5-7H2,1-4H3,(H,20,21)/t11-,15?,16?,17-/m1/s1. The lowest BCUT2D eigenvalue weighted by molar-refractivity contribution is -0.143. The second kappa shape index (κ2) is 9.31. The van der Waals surface area contributed by atoms with Gasteiger partial charge in [-0.05, 0) is 45.4 Å². The van der Waals surface area contributed by atoms with E-state index in [9.17, 15) is 9.90 Å². The van der Waals surface area contributed by atoms with Gasteiger partial charge in [0.1, 0.15) is 23.0 Å². The molecule has 0 bridgehead atoms. The van der Waals surface area contributed by atoms with Crippen LogP contribution in [0.2, 0.25) is 0 Å². The van der Waals surface area contributed by atoms with Crippen molar-refractivity contribution >= 4 is 17.7 Å². The van der Waals surface area contributed by atoms with Crippen molar-refractivity contribution in [2.45, 2.75) is 49.7 Å². The Kier molecular flexibility index (Phi) is 7.40. The van der Waals surface area contributed by atoms with Gasteiger partial charge in [-0.25, -0.2) is 0 Å². The molecule has 0 aliphatic carbocycles. The molecule has 1 saturated heterocycles. The Labute approximate surface area is 153 Å². The van der Waals surface area contributed by atoms with E-state index in [1.807, 2.05) is 39.0 Å². The lowest BCUT2D eigenvalue weighted by Crippen LogP contribution is -2.46. The third kappa shape index (κ3) is 5.26. The number of hydrogen-bond acceptors (Lipinski definition) is 6. The summed E-state index contributed by atoms with van der Waals surface area (Å²) in [5.74, 6) is 0.795. The summed E-state index contributed by atoms with van der Waals surface area (Å²) >= 11 is 1.58. The van der Waals surface area contributed by atoms with Crippen LogP contribution in [0, 0.1) is 5.92 Å². The summed E-state index contributed by atoms with van der Waals surface area (Å²) in [6.07, 6.45) is 0.449. The van der Waals surface area contributed by atoms with E-state index in [4.69, 9.17) is 14.2 Å². The van der Waals surface area contributed by atoms with E-state index in [-0.39, 0.29) is 17.5 Å². The van der Waals surface area contributed by atoms with Crippen LogP contribution < -0.4 is 14.8 Å². The van der Waals surface area contributed by atoms with Crippen molar-refractivity contribution in [3.63, 3.8) is 0 Å². The summed E-state index contributed by atoms with van der Waals surface area (Å²) in [4.78, 5) is 12.4. The highest BCUT2D eigenvalue weighted by atomic mass is 32.2. The SMILES string of the molecule is CCOc1cc(OCC)cc(SC2C[C@@H](C)[C@H](C(NC)C(=O)O)O2)c1. The highest BCUT2D eigenvalue weighted by molar-refractivity contribution is 7.99. The first-order valence-corrected chi connectivity index (χ1v) is 9.49. The smallest absolute Gasteiger partial charge is 0.323 e. The van der Waals surface area contributed by atoms with E-state index in [2.05, 4.69) is 5.32 Å². The molecular weight excluding hydrogens is 342 g/mol. The van der Waals surface area contributed by atoms with Gasteiger partial charge in [-0.1, -0.05) is 18.7 Å². The van der Waals surface area contributed by atoms with Crippen molar-refractivity contribution in [2.24, 2.45) is 5.92 Å². The van der Waals surface area contributed by atoms with Crippen LogP contribution in [0.3, 0.4) is 0 Å². The Morgan fingerprint density at radius 1 is 1.32 bits per heavy atom. The van der Waals surface area contributed by atoms with E-state index in [1.165, 1.54) is 0 Å². The second-order valence-corrected chi connectivity index (χ2v) is 7.20. The molecule has 7 heteroatoms. The first-order chi connectivity index (χ1) is 12.0. The third-order valence-electron chi connectivity index (χ3n) is 4.08. The maximum atomic E-state index is 11.4. The summed E-state index contributed by atoms with van der Waals surface area (Å²) in [6.45, 7) is 7.08. The van der Waals surface area contributed by atoms with Gasteiger partial charge in [0.05, 0.1) is 19.3 Å². The van der Waals surface area contributed by atoms with Gasteiger partial charge < -0.3 is 24.6 Å². The van der Waals surface area contributed by atoms with Crippen LogP contribution >= 0.6 is 11.8 Å². The van der Waals surface area contributed by atoms with Gasteiger partial charge in [-0.3, -0.25) is 4.79 Å². The number of carbonyl (C=O) groups is 1. The van der Waals surface area contributed by atoms with E-state index < -0.39 is 12.0 Å². The van der Waals surface area contributed by atoms with Crippen molar-refractivity contribution in [2.75, 3.05) is 20.3 Å². The van der Waals surface area contributed by atoms with Crippen LogP contribution in [0.5, 0.6) is 11.5 Å². The van der Waals surface area contributed by atoms with Crippen molar-refractivity contribution in [3.05, 3.63) is 18.2 Å². The zero-order valence-corrected chi connectivity index (χ0v) is 16.0. The van der Waals surface area contributed by atoms with Crippen molar-refractivity contribution in [1.82, 2.24) is 5.32 Å². The van der Waals surface area contributed by atoms with Gasteiger partial charge in [0.25, 0.3) is 0 Å². The molecule has 140 valence electrons. The lowest BCUT2D eigenvalue weighted by atomic mass is 9.98. The molecule has 2 unspecified atom stereocenters. The molecule has 1 heterocycles. The monoisotopic (exact) mass is 369 g/mol. The second-order valence-electron chi connectivity index (χ2n) is 5.97. The highest BCUT2D eigenvalue weighted by Crippen LogP contribution is 2.40. The van der Waals surface area contributed by atoms with Crippen LogP contribution in [-0.2, 0) is 9.53 Å². The van der Waals surface area contributed by atoms with Crippen LogP contribution in [0.25, 0.3) is 0 Å². The molecule has 0 amide bonds. The van der Waals surface area contributed by atoms with E-state index in [0.717, 1.165) is 22.8 Å². The number of hydrogen-bond donors (Lipinski definition) is 2. The molecule has 0 radical (unpaired) electrons. The molecule has 1 aromatic carbocycles. The number of aliphatic carboxylic acids is 1. The molecule has 6 nitrogen and oxygen atoms in total. The average molecular weight is 369 g/mol. The summed E-state index contributed by atoms with van der Waals surface area (Å²) in [7, 11) is 1.65. The van der Waals surface area contributed by atoms with Crippen molar-refractivity contribution in [1.29, 1.82) is 0 Å². The van der Waals surface area contributed by atoms with E-state index in [1.54, 1.807) is 18.8 Å². The van der Waals surface area contributed by atoms with Crippen LogP contribution in [0.4, 0.5) is 0 Å². The molecule has 4 atom stereocenters. The number of nitrogens with one attached hydrogen (secondary N) is 1. The van der Waals surface area contributed by atoms with Gasteiger partial charge in [-0.15, -0.1) is 0 Å². The molecule has 2 rings (SSSR count). The fourth-order valence-electron chi connectivity index (χ4n) is 2.98. The number of carboxylic acid groups (broad SMARTS) is 1. The molecule has 2 N–H and O–H groups in total. The van der Waals surface area contributed by atoms with Crippen molar-refractivity contribution < 1.29 is 24.1 Å². The predicted octanol–water partition coefficient (Wildman–Crippen LogP) is 3.00. The summed E-state index contributed by atoms with van der Waals surface area (Å²) in [5, 5.41) is 12.2. The molecule has 1 aliphatic rings. The van der Waals surface area contributed by atoms with E-state index >= 15 is 0 Å². The van der Waals surface area contributed by atoms with Gasteiger partial charge in [0.15, 0.2) is 0 Å². The molecule has 1 aliphatic heterocycles. The Morgan fingerprint density at radius 3 is 2.40 bits per heavy atom. The summed E-state index contributed by atoms with van der Waals surface area (Å²) < 4.78 is 17.2. The van der Waals surface area contributed by atoms with Gasteiger partial charge in [0.2, 0.25) is 0 Å². The minimum atomic E-state index is -0.887. The first-order valence-electron chi connectivity index (χ1n) is 8.61. The first kappa shape index (κ1) is 19.9. The minimum absolute atomic E-state index is 0.0958. The largest absolute Gasteiger partial charge is 0.494 e.